The topological polar surface area (TPSA) is 116 Å². The van der Waals surface area contributed by atoms with Crippen LogP contribution in [-0.4, -0.2) is 33.8 Å². The van der Waals surface area contributed by atoms with Crippen LogP contribution < -0.4 is 10.0 Å². The largest absolute Gasteiger partial charge is 0.366 e. The zero-order valence-corrected chi connectivity index (χ0v) is 21.6. The molecule has 0 unspecified atom stereocenters. The Hall–Kier alpha value is -2.13. The van der Waals surface area contributed by atoms with Crippen molar-refractivity contribution in [3.05, 3.63) is 70.2 Å². The number of fused-ring (bicyclic) bond motifs is 1. The van der Waals surface area contributed by atoms with Crippen molar-refractivity contribution >= 4 is 63.2 Å². The van der Waals surface area contributed by atoms with Gasteiger partial charge in [-0.25, -0.2) is 8.42 Å². The average molecular weight is 545 g/mol. The molecule has 1 amide bonds. The van der Waals surface area contributed by atoms with Crippen molar-refractivity contribution in [3.63, 3.8) is 0 Å². The van der Waals surface area contributed by atoms with Crippen molar-refractivity contribution in [2.75, 3.05) is 23.8 Å². The van der Waals surface area contributed by atoms with Gasteiger partial charge in [0.15, 0.2) is 0 Å². The first-order valence-electron chi connectivity index (χ1n) is 10.2. The molecule has 182 valence electrons. The van der Waals surface area contributed by atoms with Gasteiger partial charge in [-0.05, 0) is 43.5 Å². The molecule has 0 aliphatic carbocycles. The number of hydrogen-bond acceptors (Lipinski definition) is 6. The van der Waals surface area contributed by atoms with E-state index in [1.807, 2.05) is 0 Å². The predicted molar refractivity (Wildman–Crippen MR) is 134 cm³/mol. The van der Waals surface area contributed by atoms with E-state index in [2.05, 4.69) is 0 Å². The second-order valence-corrected chi connectivity index (χ2v) is 11.8. The number of benzene rings is 3. The third-order valence-electron chi connectivity index (χ3n) is 4.79. The smallest absolute Gasteiger partial charge is 0.350 e. The lowest BCUT2D eigenvalue weighted by molar-refractivity contribution is 0.100. The fourth-order valence-corrected chi connectivity index (χ4v) is 7.88. The highest BCUT2D eigenvalue weighted by Crippen LogP contribution is 2.51. The summed E-state index contributed by atoms with van der Waals surface area (Å²) >= 11 is 12.1. The maximum atomic E-state index is 14.0. The minimum Gasteiger partial charge on any atom is -0.366 e. The maximum absolute atomic E-state index is 14.0. The van der Waals surface area contributed by atoms with E-state index < -0.39 is 29.8 Å². The van der Waals surface area contributed by atoms with Crippen molar-refractivity contribution in [1.82, 2.24) is 0 Å². The molecule has 0 aliphatic heterocycles. The Morgan fingerprint density at radius 2 is 1.59 bits per heavy atom. The van der Waals surface area contributed by atoms with E-state index in [1.165, 1.54) is 24.3 Å². The van der Waals surface area contributed by atoms with Crippen LogP contribution in [0.5, 0.6) is 0 Å². The van der Waals surface area contributed by atoms with E-state index in [-0.39, 0.29) is 39.4 Å². The molecular weight excluding hydrogens is 522 g/mol. The monoisotopic (exact) mass is 544 g/mol. The van der Waals surface area contributed by atoms with Crippen LogP contribution >= 0.6 is 30.8 Å². The number of hydrogen-bond donors (Lipinski definition) is 1. The summed E-state index contributed by atoms with van der Waals surface area (Å²) in [7, 11) is -8.47. The van der Waals surface area contributed by atoms with Gasteiger partial charge in [0.2, 0.25) is 0 Å². The number of nitrogens with zero attached hydrogens (tertiary/aromatic N) is 1. The quantitative estimate of drug-likeness (QED) is 0.329. The molecule has 0 fully saturated rings. The standard InChI is InChI=1S/C22H23Cl2N2O6PS/c1-3-31-33(28,32-4-2)14-26(34(29,30)18-12-16(23)11-17(24)13-18)21-19-8-6-5-7-15(19)9-10-20(21)22(25)27/h5-13H,3-4,14H2,1-2H3,(H2,25,27). The highest BCUT2D eigenvalue weighted by molar-refractivity contribution is 7.93. The Kier molecular flexibility index (Phi) is 8.29. The minimum absolute atomic E-state index is 0.00632. The first kappa shape index (κ1) is 26.5. The molecule has 34 heavy (non-hydrogen) atoms. The summed E-state index contributed by atoms with van der Waals surface area (Å²) in [5.74, 6) is -0.868. The fraction of sp³-hybridized carbons (Fsp3) is 0.227. The number of primary amides is 1. The van der Waals surface area contributed by atoms with Gasteiger partial charge in [-0.2, -0.15) is 0 Å². The van der Waals surface area contributed by atoms with Gasteiger partial charge >= 0.3 is 7.60 Å². The normalized spacial score (nSPS) is 12.1. The number of anilines is 1. The maximum Gasteiger partial charge on any atom is 0.350 e. The molecule has 0 atom stereocenters. The van der Waals surface area contributed by atoms with Crippen molar-refractivity contribution in [3.8, 4) is 0 Å². The highest BCUT2D eigenvalue weighted by atomic mass is 35.5. The van der Waals surface area contributed by atoms with Gasteiger partial charge in [0.1, 0.15) is 6.29 Å². The van der Waals surface area contributed by atoms with Gasteiger partial charge in [0.05, 0.1) is 29.4 Å². The lowest BCUT2D eigenvalue weighted by Crippen LogP contribution is -2.35. The minimum atomic E-state index is -4.49. The molecular formula is C22H23Cl2N2O6PS. The average Bonchev–Trinajstić information content (AvgIpc) is 2.76. The number of carbonyl (C=O) groups is 1. The number of sulfonamides is 1. The van der Waals surface area contributed by atoms with Crippen molar-refractivity contribution in [2.24, 2.45) is 5.73 Å². The molecule has 0 bridgehead atoms. The summed E-state index contributed by atoms with van der Waals surface area (Å²) in [4.78, 5) is 12.1. The van der Waals surface area contributed by atoms with Crippen LogP contribution in [0.15, 0.2) is 59.5 Å². The van der Waals surface area contributed by atoms with Gasteiger partial charge in [-0.1, -0.05) is 53.5 Å². The molecule has 8 nitrogen and oxygen atoms in total. The van der Waals surface area contributed by atoms with Gasteiger partial charge in [-0.15, -0.1) is 0 Å². The van der Waals surface area contributed by atoms with Crippen LogP contribution in [-0.2, 0) is 23.6 Å². The van der Waals surface area contributed by atoms with E-state index in [9.17, 15) is 17.8 Å². The van der Waals surface area contributed by atoms with Crippen LogP contribution in [0.1, 0.15) is 24.2 Å². The Labute approximate surface area is 208 Å². The van der Waals surface area contributed by atoms with Crippen molar-refractivity contribution in [2.45, 2.75) is 18.7 Å². The van der Waals surface area contributed by atoms with Crippen LogP contribution in [0.4, 0.5) is 5.69 Å². The molecule has 0 spiro atoms. The molecule has 0 aliphatic rings. The molecule has 12 heteroatoms. The SMILES string of the molecule is CCOP(=O)(CN(c1c(C(N)=O)ccc2ccccc12)S(=O)(=O)c1cc(Cl)cc(Cl)c1)OCC. The molecule has 0 aromatic heterocycles. The van der Waals surface area contributed by atoms with E-state index in [4.69, 9.17) is 38.0 Å². The number of carbonyl (C=O) groups excluding carboxylic acids is 1. The number of halogens is 2. The van der Waals surface area contributed by atoms with Gasteiger partial charge < -0.3 is 14.8 Å². The summed E-state index contributed by atoms with van der Waals surface area (Å²) in [5, 5.41) is 1.19. The molecule has 0 heterocycles. The first-order chi connectivity index (χ1) is 16.0. The summed E-state index contributed by atoms with van der Waals surface area (Å²) in [5.41, 5.74) is 5.48. The van der Waals surface area contributed by atoms with Crippen LogP contribution in [0, 0.1) is 0 Å². The van der Waals surface area contributed by atoms with Crippen LogP contribution in [0.3, 0.4) is 0 Å². The molecule has 0 saturated carbocycles. The number of nitrogens with two attached hydrogens (primary N) is 1. The Bertz CT molecular complexity index is 1350. The lowest BCUT2D eigenvalue weighted by atomic mass is 10.0. The van der Waals surface area contributed by atoms with Gasteiger partial charge in [-0.3, -0.25) is 13.7 Å². The summed E-state index contributed by atoms with van der Waals surface area (Å²) in [6.07, 6.45) is -0.713. The summed E-state index contributed by atoms with van der Waals surface area (Å²) in [6, 6.07) is 13.7. The summed E-state index contributed by atoms with van der Waals surface area (Å²) in [6.45, 7) is 3.22. The Balaban J connectivity index is 2.38. The third kappa shape index (κ3) is 5.57. The van der Waals surface area contributed by atoms with Gasteiger partial charge in [0.25, 0.3) is 15.9 Å². The lowest BCUT2D eigenvalue weighted by Gasteiger charge is -2.30. The number of amides is 1. The summed E-state index contributed by atoms with van der Waals surface area (Å²) < 4.78 is 53.0. The van der Waals surface area contributed by atoms with Crippen LogP contribution in [0.2, 0.25) is 10.0 Å². The third-order valence-corrected chi connectivity index (χ3v) is 9.08. The second-order valence-electron chi connectivity index (χ2n) is 7.09. The zero-order valence-electron chi connectivity index (χ0n) is 18.4. The van der Waals surface area contributed by atoms with E-state index in [0.717, 1.165) is 4.31 Å². The molecule has 3 aromatic carbocycles. The zero-order chi connectivity index (χ0) is 25.1. The van der Waals surface area contributed by atoms with E-state index >= 15 is 0 Å². The second kappa shape index (κ2) is 10.6. The molecule has 0 radical (unpaired) electrons. The van der Waals surface area contributed by atoms with Crippen molar-refractivity contribution < 1.29 is 26.8 Å². The van der Waals surface area contributed by atoms with Crippen LogP contribution in [0.25, 0.3) is 10.8 Å². The molecule has 3 rings (SSSR count). The predicted octanol–water partition coefficient (Wildman–Crippen LogP) is 5.66. The fourth-order valence-electron chi connectivity index (χ4n) is 3.46. The molecule has 0 saturated heterocycles. The Morgan fingerprint density at radius 1 is 1.00 bits per heavy atom. The van der Waals surface area contributed by atoms with E-state index in [1.54, 1.807) is 44.2 Å². The molecule has 2 N–H and O–H groups in total. The first-order valence-corrected chi connectivity index (χ1v) is 14.1. The van der Waals surface area contributed by atoms with E-state index in [0.29, 0.717) is 10.8 Å². The van der Waals surface area contributed by atoms with Crippen molar-refractivity contribution in [1.29, 1.82) is 0 Å². The molecule has 3 aromatic rings. The Morgan fingerprint density at radius 3 is 2.15 bits per heavy atom. The number of rotatable bonds is 10. The van der Waals surface area contributed by atoms with Gasteiger partial charge in [0, 0.05) is 15.4 Å². The highest BCUT2D eigenvalue weighted by Gasteiger charge is 2.37.